The number of anilines is 2. The van der Waals surface area contributed by atoms with Gasteiger partial charge in [-0.15, -0.1) is 0 Å². The Balaban J connectivity index is 1.60. The minimum atomic E-state index is -3.80. The molecule has 31 heavy (non-hydrogen) atoms. The number of carbonyl (C=O) groups is 1. The van der Waals surface area contributed by atoms with Gasteiger partial charge in [-0.25, -0.2) is 12.8 Å². The molecule has 0 bridgehead atoms. The summed E-state index contributed by atoms with van der Waals surface area (Å²) in [5, 5.41) is 2.46. The highest BCUT2D eigenvalue weighted by Gasteiger charge is 2.36. The number of benzene rings is 3. The maximum Gasteiger partial charge on any atom is 0.267 e. The zero-order chi connectivity index (χ0) is 22.0. The van der Waals surface area contributed by atoms with E-state index in [4.69, 9.17) is 16.3 Å². The van der Waals surface area contributed by atoms with Crippen LogP contribution in [0.2, 0.25) is 5.02 Å². The molecular weight excluding hydrogens is 443 g/mol. The van der Waals surface area contributed by atoms with Crippen molar-refractivity contribution < 1.29 is 22.3 Å². The van der Waals surface area contributed by atoms with Gasteiger partial charge in [-0.1, -0.05) is 54.1 Å². The van der Waals surface area contributed by atoms with Gasteiger partial charge in [0.15, 0.2) is 6.10 Å². The molecule has 6 nitrogen and oxygen atoms in total. The first kappa shape index (κ1) is 21.1. The number of carbonyl (C=O) groups excluding carboxylic acids is 1. The number of amides is 1. The summed E-state index contributed by atoms with van der Waals surface area (Å²) < 4.78 is 46.8. The zero-order valence-electron chi connectivity index (χ0n) is 16.2. The highest BCUT2D eigenvalue weighted by molar-refractivity contribution is 7.92. The van der Waals surface area contributed by atoms with E-state index in [1.54, 1.807) is 48.5 Å². The van der Waals surface area contributed by atoms with E-state index in [2.05, 4.69) is 5.32 Å². The van der Waals surface area contributed by atoms with Crippen LogP contribution in [0.5, 0.6) is 5.75 Å². The summed E-state index contributed by atoms with van der Waals surface area (Å²) in [6, 6.07) is 19.2. The molecule has 0 radical (unpaired) electrons. The number of nitrogens with one attached hydrogen (secondary N) is 1. The zero-order valence-corrected chi connectivity index (χ0v) is 17.7. The summed E-state index contributed by atoms with van der Waals surface area (Å²) in [4.78, 5) is 12.8. The first-order valence-corrected chi connectivity index (χ1v) is 11.4. The molecule has 4 rings (SSSR count). The fourth-order valence-corrected chi connectivity index (χ4v) is 5.02. The van der Waals surface area contributed by atoms with Crippen molar-refractivity contribution in [2.75, 3.05) is 16.2 Å². The molecule has 1 amide bonds. The van der Waals surface area contributed by atoms with Crippen molar-refractivity contribution in [1.82, 2.24) is 0 Å². The van der Waals surface area contributed by atoms with E-state index in [1.807, 2.05) is 6.07 Å². The van der Waals surface area contributed by atoms with Crippen LogP contribution in [0.3, 0.4) is 0 Å². The van der Waals surface area contributed by atoms with Crippen LogP contribution in [-0.4, -0.2) is 27.0 Å². The fourth-order valence-electron chi connectivity index (χ4n) is 3.26. The quantitative estimate of drug-likeness (QED) is 0.618. The standard InChI is InChI=1S/C22H18ClFN2O4S/c23-17-12-16(10-11-18(17)24)25-22(27)21-13-26(19-8-4-5-9-20(19)30-21)31(28,29)14-15-6-2-1-3-7-15/h1-12,21H,13-14H2,(H,25,27). The minimum Gasteiger partial charge on any atom is -0.476 e. The summed E-state index contributed by atoms with van der Waals surface area (Å²) in [6.45, 7) is -0.201. The second-order valence-electron chi connectivity index (χ2n) is 6.97. The number of nitrogens with zero attached hydrogens (tertiary/aromatic N) is 1. The lowest BCUT2D eigenvalue weighted by atomic mass is 10.2. The van der Waals surface area contributed by atoms with Gasteiger partial charge in [0.2, 0.25) is 10.0 Å². The lowest BCUT2D eigenvalue weighted by Crippen LogP contribution is -2.49. The van der Waals surface area contributed by atoms with Gasteiger partial charge in [-0.05, 0) is 35.9 Å². The van der Waals surface area contributed by atoms with Crippen LogP contribution < -0.4 is 14.4 Å². The second-order valence-corrected chi connectivity index (χ2v) is 9.27. The Kier molecular flexibility index (Phi) is 5.84. The van der Waals surface area contributed by atoms with E-state index in [9.17, 15) is 17.6 Å². The molecular formula is C22H18ClFN2O4S. The Morgan fingerprint density at radius 3 is 2.55 bits per heavy atom. The monoisotopic (exact) mass is 460 g/mol. The number of para-hydroxylation sites is 2. The highest BCUT2D eigenvalue weighted by Crippen LogP contribution is 2.36. The largest absolute Gasteiger partial charge is 0.476 e. The van der Waals surface area contributed by atoms with E-state index in [0.717, 1.165) is 6.07 Å². The number of hydrogen-bond acceptors (Lipinski definition) is 4. The Morgan fingerprint density at radius 2 is 1.81 bits per heavy atom. The normalized spacial score (nSPS) is 15.7. The predicted octanol–water partition coefficient (Wildman–Crippen LogP) is 4.22. The van der Waals surface area contributed by atoms with Crippen molar-refractivity contribution >= 4 is 38.9 Å². The van der Waals surface area contributed by atoms with E-state index < -0.39 is 27.9 Å². The molecule has 1 aliphatic heterocycles. The maximum atomic E-state index is 13.4. The molecule has 1 aliphatic rings. The molecule has 0 saturated heterocycles. The Morgan fingerprint density at radius 1 is 1.10 bits per heavy atom. The minimum absolute atomic E-state index is 0.139. The van der Waals surface area contributed by atoms with Crippen LogP contribution >= 0.6 is 11.6 Å². The van der Waals surface area contributed by atoms with Crippen LogP contribution in [0.15, 0.2) is 72.8 Å². The molecule has 1 atom stereocenters. The Labute approximate surface area is 184 Å². The third-order valence-corrected chi connectivity index (χ3v) is 6.75. The van der Waals surface area contributed by atoms with E-state index >= 15 is 0 Å². The summed E-state index contributed by atoms with van der Waals surface area (Å²) in [6.07, 6.45) is -1.11. The third kappa shape index (κ3) is 4.65. The fraction of sp³-hybridized carbons (Fsp3) is 0.136. The predicted molar refractivity (Wildman–Crippen MR) is 117 cm³/mol. The lowest BCUT2D eigenvalue weighted by Gasteiger charge is -2.34. The number of sulfonamides is 1. The van der Waals surface area contributed by atoms with Crippen LogP contribution in [0.4, 0.5) is 15.8 Å². The van der Waals surface area contributed by atoms with Gasteiger partial charge in [-0.2, -0.15) is 0 Å². The van der Waals surface area contributed by atoms with E-state index in [-0.39, 0.29) is 28.8 Å². The van der Waals surface area contributed by atoms with Crippen molar-refractivity contribution in [2.24, 2.45) is 0 Å². The van der Waals surface area contributed by atoms with Crippen LogP contribution in [0.1, 0.15) is 5.56 Å². The first-order chi connectivity index (χ1) is 14.8. The summed E-state index contributed by atoms with van der Waals surface area (Å²) >= 11 is 5.76. The summed E-state index contributed by atoms with van der Waals surface area (Å²) in [5.41, 5.74) is 1.28. The van der Waals surface area contributed by atoms with Gasteiger partial charge in [0, 0.05) is 5.69 Å². The van der Waals surface area contributed by atoms with Crippen molar-refractivity contribution in [3.05, 3.63) is 89.2 Å². The maximum absolute atomic E-state index is 13.4. The third-order valence-electron chi connectivity index (χ3n) is 4.74. The molecule has 0 saturated carbocycles. The molecule has 0 aliphatic carbocycles. The van der Waals surface area contributed by atoms with Crippen LogP contribution in [-0.2, 0) is 20.6 Å². The average Bonchev–Trinajstić information content (AvgIpc) is 2.76. The molecule has 1 N–H and O–H groups in total. The SMILES string of the molecule is O=C(Nc1ccc(F)c(Cl)c1)C1CN(S(=O)(=O)Cc2ccccc2)c2ccccc2O1. The van der Waals surface area contributed by atoms with Crippen LogP contribution in [0, 0.1) is 5.82 Å². The number of fused-ring (bicyclic) bond motifs is 1. The van der Waals surface area contributed by atoms with Crippen molar-refractivity contribution in [3.63, 3.8) is 0 Å². The van der Waals surface area contributed by atoms with Crippen molar-refractivity contribution in [1.29, 1.82) is 0 Å². The number of ether oxygens (including phenoxy) is 1. The Bertz CT molecular complexity index is 1220. The number of hydrogen-bond donors (Lipinski definition) is 1. The molecule has 0 aromatic heterocycles. The first-order valence-electron chi connectivity index (χ1n) is 9.39. The molecule has 1 heterocycles. The Hall–Kier alpha value is -3.10. The topological polar surface area (TPSA) is 75.7 Å². The summed E-state index contributed by atoms with van der Waals surface area (Å²) in [5.74, 6) is -1.12. The molecule has 3 aromatic carbocycles. The van der Waals surface area contributed by atoms with Crippen molar-refractivity contribution in [3.8, 4) is 5.75 Å². The second kappa shape index (κ2) is 8.56. The molecule has 3 aromatic rings. The van der Waals surface area contributed by atoms with E-state index in [1.165, 1.54) is 16.4 Å². The molecule has 1 unspecified atom stereocenters. The van der Waals surface area contributed by atoms with Crippen LogP contribution in [0.25, 0.3) is 0 Å². The number of halogens is 2. The molecule has 0 fully saturated rings. The van der Waals surface area contributed by atoms with Gasteiger partial charge in [0.05, 0.1) is 23.0 Å². The smallest absolute Gasteiger partial charge is 0.267 e. The number of rotatable bonds is 5. The molecule has 160 valence electrons. The van der Waals surface area contributed by atoms with Gasteiger partial charge in [-0.3, -0.25) is 9.10 Å². The van der Waals surface area contributed by atoms with Gasteiger partial charge in [0.25, 0.3) is 5.91 Å². The van der Waals surface area contributed by atoms with Gasteiger partial charge < -0.3 is 10.1 Å². The van der Waals surface area contributed by atoms with Gasteiger partial charge in [0.1, 0.15) is 11.6 Å². The molecule has 9 heteroatoms. The van der Waals surface area contributed by atoms with Gasteiger partial charge >= 0.3 is 0 Å². The molecule has 0 spiro atoms. The highest BCUT2D eigenvalue weighted by atomic mass is 35.5. The van der Waals surface area contributed by atoms with E-state index in [0.29, 0.717) is 11.3 Å². The summed E-state index contributed by atoms with van der Waals surface area (Å²) in [7, 11) is -3.80. The van der Waals surface area contributed by atoms with Crippen molar-refractivity contribution in [2.45, 2.75) is 11.9 Å². The lowest BCUT2D eigenvalue weighted by molar-refractivity contribution is -0.122. The average molecular weight is 461 g/mol.